The van der Waals surface area contributed by atoms with Gasteiger partial charge in [0.15, 0.2) is 0 Å². The topological polar surface area (TPSA) is 75.6 Å². The molecule has 4 N–H and O–H groups in total. The van der Waals surface area contributed by atoms with Gasteiger partial charge >= 0.3 is 0 Å². The maximum Gasteiger partial charge on any atom is 0.225 e. The van der Waals surface area contributed by atoms with Gasteiger partial charge in [0, 0.05) is 60.6 Å². The first kappa shape index (κ1) is 15.9. The fourth-order valence-electron chi connectivity index (χ4n) is 2.68. The van der Waals surface area contributed by atoms with Crippen molar-refractivity contribution in [1.29, 1.82) is 0 Å². The van der Waals surface area contributed by atoms with Crippen molar-refractivity contribution in [2.45, 2.75) is 20.4 Å². The number of hydrogen-bond acceptors (Lipinski definition) is 4. The molecule has 0 aromatic heterocycles. The van der Waals surface area contributed by atoms with Crippen LogP contribution >= 0.6 is 11.6 Å². The number of carbonyl (C=O) groups excluding carboxylic acids is 1. The smallest absolute Gasteiger partial charge is 0.225 e. The number of carbonyl (C=O) groups is 1. The Kier molecular flexibility index (Phi) is 4.96. The van der Waals surface area contributed by atoms with Crippen LogP contribution in [0.15, 0.2) is 12.1 Å². The molecule has 1 saturated heterocycles. The van der Waals surface area contributed by atoms with Crippen LogP contribution in [0.3, 0.4) is 0 Å². The minimum absolute atomic E-state index is 0.0398. The van der Waals surface area contributed by atoms with Gasteiger partial charge in [0.2, 0.25) is 5.91 Å². The zero-order chi connectivity index (χ0) is 15.6. The van der Waals surface area contributed by atoms with Crippen LogP contribution < -0.4 is 16.4 Å². The van der Waals surface area contributed by atoms with Crippen molar-refractivity contribution in [2.24, 2.45) is 11.7 Å². The zero-order valence-corrected chi connectivity index (χ0v) is 13.4. The van der Waals surface area contributed by atoms with Crippen LogP contribution in [-0.2, 0) is 11.3 Å². The maximum absolute atomic E-state index is 12.0. The van der Waals surface area contributed by atoms with Gasteiger partial charge in [0.25, 0.3) is 0 Å². The largest absolute Gasteiger partial charge is 0.398 e. The van der Waals surface area contributed by atoms with Crippen molar-refractivity contribution in [3.05, 3.63) is 22.7 Å². The normalized spacial score (nSPS) is 15.7. The summed E-state index contributed by atoms with van der Waals surface area (Å²) in [6.07, 6.45) is 0. The zero-order valence-electron chi connectivity index (χ0n) is 12.6. The minimum atomic E-state index is 0.0398. The second-order valence-electron chi connectivity index (χ2n) is 5.66. The summed E-state index contributed by atoms with van der Waals surface area (Å²) in [5, 5.41) is 0.611. The molecule has 1 heterocycles. The van der Waals surface area contributed by atoms with E-state index < -0.39 is 0 Å². The lowest BCUT2D eigenvalue weighted by Gasteiger charge is -2.38. The summed E-state index contributed by atoms with van der Waals surface area (Å²) in [5.41, 5.74) is 14.3. The van der Waals surface area contributed by atoms with Crippen molar-refractivity contribution in [2.75, 3.05) is 36.8 Å². The Morgan fingerprint density at radius 3 is 2.43 bits per heavy atom. The highest BCUT2D eigenvalue weighted by molar-refractivity contribution is 6.31. The Morgan fingerprint density at radius 2 is 1.90 bits per heavy atom. The number of nitrogens with two attached hydrogens (primary N) is 2. The summed E-state index contributed by atoms with van der Waals surface area (Å²) in [6, 6.07) is 3.63. The second kappa shape index (κ2) is 6.54. The lowest BCUT2D eigenvalue weighted by molar-refractivity contribution is -0.134. The molecule has 21 heavy (non-hydrogen) atoms. The van der Waals surface area contributed by atoms with Crippen molar-refractivity contribution in [1.82, 2.24) is 4.90 Å². The fourth-order valence-corrected chi connectivity index (χ4v) is 2.90. The Morgan fingerprint density at radius 1 is 1.29 bits per heavy atom. The van der Waals surface area contributed by atoms with Gasteiger partial charge < -0.3 is 21.3 Å². The third-order valence-electron chi connectivity index (χ3n) is 3.86. The van der Waals surface area contributed by atoms with Crippen LogP contribution in [0, 0.1) is 5.92 Å². The highest BCUT2D eigenvalue weighted by Gasteiger charge is 2.24. The van der Waals surface area contributed by atoms with Crippen molar-refractivity contribution in [3.8, 4) is 0 Å². The van der Waals surface area contributed by atoms with Gasteiger partial charge in [-0.15, -0.1) is 0 Å². The van der Waals surface area contributed by atoms with Crippen LogP contribution in [0.5, 0.6) is 0 Å². The van der Waals surface area contributed by atoms with E-state index in [1.165, 1.54) is 0 Å². The molecule has 1 aromatic carbocycles. The number of halogens is 1. The van der Waals surface area contributed by atoms with Crippen molar-refractivity contribution >= 4 is 28.9 Å². The van der Waals surface area contributed by atoms with E-state index in [1.54, 1.807) is 6.07 Å². The second-order valence-corrected chi connectivity index (χ2v) is 6.10. The molecule has 1 aromatic rings. The molecule has 1 fully saturated rings. The van der Waals surface area contributed by atoms with E-state index in [4.69, 9.17) is 23.1 Å². The van der Waals surface area contributed by atoms with Gasteiger partial charge in [-0.3, -0.25) is 4.79 Å². The number of amides is 1. The Bertz CT molecular complexity index is 525. The predicted molar refractivity (Wildman–Crippen MR) is 87.4 cm³/mol. The standard InChI is InChI=1S/C15H23ClN4O/c1-10(2)15(21)20-5-3-19(4-6-20)14-8-11(16)7-13(18)12(14)9-17/h7-8,10H,3-6,9,17-18H2,1-2H3. The lowest BCUT2D eigenvalue weighted by atomic mass is 10.1. The van der Waals surface area contributed by atoms with E-state index in [9.17, 15) is 4.79 Å². The van der Waals surface area contributed by atoms with Crippen LogP contribution in [0.4, 0.5) is 11.4 Å². The highest BCUT2D eigenvalue weighted by atomic mass is 35.5. The van der Waals surface area contributed by atoms with E-state index in [2.05, 4.69) is 4.90 Å². The van der Waals surface area contributed by atoms with Gasteiger partial charge in [-0.25, -0.2) is 0 Å². The molecule has 1 aliphatic rings. The summed E-state index contributed by atoms with van der Waals surface area (Å²) in [6.45, 7) is 7.21. The van der Waals surface area contributed by atoms with E-state index >= 15 is 0 Å². The highest BCUT2D eigenvalue weighted by Crippen LogP contribution is 2.30. The summed E-state index contributed by atoms with van der Waals surface area (Å²) in [4.78, 5) is 16.1. The van der Waals surface area contributed by atoms with Crippen LogP contribution in [0.1, 0.15) is 19.4 Å². The monoisotopic (exact) mass is 310 g/mol. The van der Waals surface area contributed by atoms with Crippen LogP contribution in [0.25, 0.3) is 0 Å². The molecule has 116 valence electrons. The number of benzene rings is 1. The van der Waals surface area contributed by atoms with Gasteiger partial charge in [0.05, 0.1) is 0 Å². The maximum atomic E-state index is 12.0. The van der Waals surface area contributed by atoms with Gasteiger partial charge in [-0.05, 0) is 12.1 Å². The van der Waals surface area contributed by atoms with Gasteiger partial charge in [-0.2, -0.15) is 0 Å². The van der Waals surface area contributed by atoms with Gasteiger partial charge in [-0.1, -0.05) is 25.4 Å². The van der Waals surface area contributed by atoms with E-state index in [-0.39, 0.29) is 11.8 Å². The van der Waals surface area contributed by atoms with Crippen LogP contribution in [-0.4, -0.2) is 37.0 Å². The molecular formula is C15H23ClN4O. The van der Waals surface area contributed by atoms with E-state index in [0.717, 1.165) is 24.3 Å². The number of nitrogens with zero attached hydrogens (tertiary/aromatic N) is 2. The number of anilines is 2. The Labute approximate surface area is 130 Å². The number of piperazine rings is 1. The molecule has 0 unspecified atom stereocenters. The summed E-state index contributed by atoms with van der Waals surface area (Å²) < 4.78 is 0. The minimum Gasteiger partial charge on any atom is -0.398 e. The molecule has 0 atom stereocenters. The van der Waals surface area contributed by atoms with Crippen LogP contribution in [0.2, 0.25) is 5.02 Å². The number of hydrogen-bond donors (Lipinski definition) is 2. The number of nitrogen functional groups attached to an aromatic ring is 1. The van der Waals surface area contributed by atoms with Crippen molar-refractivity contribution in [3.63, 3.8) is 0 Å². The Hall–Kier alpha value is -1.46. The molecule has 5 nitrogen and oxygen atoms in total. The molecule has 2 rings (SSSR count). The summed E-state index contributed by atoms with van der Waals surface area (Å²) in [5.74, 6) is 0.247. The molecular weight excluding hydrogens is 288 g/mol. The molecule has 0 aliphatic carbocycles. The molecule has 0 bridgehead atoms. The average molecular weight is 311 g/mol. The molecule has 1 aliphatic heterocycles. The van der Waals surface area contributed by atoms with Crippen molar-refractivity contribution < 1.29 is 4.79 Å². The molecule has 1 amide bonds. The van der Waals surface area contributed by atoms with E-state index in [1.807, 2.05) is 24.8 Å². The lowest BCUT2D eigenvalue weighted by Crippen LogP contribution is -2.50. The Balaban J connectivity index is 2.14. The third-order valence-corrected chi connectivity index (χ3v) is 4.07. The summed E-state index contributed by atoms with van der Waals surface area (Å²) >= 11 is 6.11. The molecule has 6 heteroatoms. The molecule has 0 saturated carbocycles. The number of rotatable bonds is 3. The third kappa shape index (κ3) is 3.41. The molecule has 0 spiro atoms. The fraction of sp³-hybridized carbons (Fsp3) is 0.533. The first-order valence-corrected chi connectivity index (χ1v) is 7.63. The first-order chi connectivity index (χ1) is 9.93. The molecule has 0 radical (unpaired) electrons. The first-order valence-electron chi connectivity index (χ1n) is 7.25. The summed E-state index contributed by atoms with van der Waals surface area (Å²) in [7, 11) is 0. The van der Waals surface area contributed by atoms with E-state index in [0.29, 0.717) is 30.3 Å². The van der Waals surface area contributed by atoms with Gasteiger partial charge in [0.1, 0.15) is 0 Å². The average Bonchev–Trinajstić information content (AvgIpc) is 2.46. The predicted octanol–water partition coefficient (Wildman–Crippen LogP) is 1.69. The SMILES string of the molecule is CC(C)C(=O)N1CCN(c2cc(Cl)cc(N)c2CN)CC1. The quantitative estimate of drug-likeness (QED) is 0.833.